The van der Waals surface area contributed by atoms with Gasteiger partial charge in [0.1, 0.15) is 6.04 Å². The van der Waals surface area contributed by atoms with E-state index in [1.54, 1.807) is 0 Å². The van der Waals surface area contributed by atoms with Crippen molar-refractivity contribution in [3.63, 3.8) is 0 Å². The summed E-state index contributed by atoms with van der Waals surface area (Å²) in [6.45, 7) is 2.52. The average molecular weight is 268 g/mol. The highest BCUT2D eigenvalue weighted by Crippen LogP contribution is 2.00. The van der Waals surface area contributed by atoms with Crippen LogP contribution in [0.5, 0.6) is 0 Å². The minimum atomic E-state index is -0.701. The summed E-state index contributed by atoms with van der Waals surface area (Å²) in [5.41, 5.74) is 17.4. The Kier molecular flexibility index (Phi) is 8.63. The SMILES string of the molecule is CC(N)Cc1ccccc1.[2H]OC(=O)[C@@H](N)CCCN. The molecular formula is C14H25N3O2. The first kappa shape index (κ1) is 15.6. The lowest BCUT2D eigenvalue weighted by atomic mass is 10.1. The molecule has 0 aliphatic heterocycles. The normalized spacial score (nSPS) is 13.6. The van der Waals surface area contributed by atoms with E-state index in [-0.39, 0.29) is 6.04 Å². The van der Waals surface area contributed by atoms with Gasteiger partial charge in [-0.2, -0.15) is 0 Å². The molecule has 0 aromatic heterocycles. The molecule has 7 N–H and O–H groups in total. The molecule has 0 radical (unpaired) electrons. The first-order valence-corrected chi connectivity index (χ1v) is 6.43. The van der Waals surface area contributed by atoms with Crippen LogP contribution in [0.25, 0.3) is 1.43 Å². The lowest BCUT2D eigenvalue weighted by molar-refractivity contribution is -0.138. The number of carboxylic acid groups (broad SMARTS) is 1. The van der Waals surface area contributed by atoms with Crippen molar-refractivity contribution in [2.75, 3.05) is 6.54 Å². The molecule has 0 saturated carbocycles. The van der Waals surface area contributed by atoms with Crippen LogP contribution in [0, 0.1) is 0 Å². The summed E-state index contributed by atoms with van der Waals surface area (Å²) < 4.78 is 6.21. The molecule has 108 valence electrons. The van der Waals surface area contributed by atoms with Gasteiger partial charge in [-0.25, -0.2) is 0 Å². The van der Waals surface area contributed by atoms with Gasteiger partial charge in [-0.05, 0) is 38.3 Å². The van der Waals surface area contributed by atoms with E-state index >= 15 is 0 Å². The minimum absolute atomic E-state index is 0.266. The van der Waals surface area contributed by atoms with Gasteiger partial charge in [0.25, 0.3) is 1.43 Å². The van der Waals surface area contributed by atoms with Gasteiger partial charge in [-0.3, -0.25) is 4.79 Å². The molecule has 0 bridgehead atoms. The lowest BCUT2D eigenvalue weighted by Crippen LogP contribution is -2.30. The van der Waals surface area contributed by atoms with Gasteiger partial charge < -0.3 is 22.3 Å². The molecule has 1 aromatic rings. The highest BCUT2D eigenvalue weighted by Gasteiger charge is 2.08. The summed E-state index contributed by atoms with van der Waals surface area (Å²) in [7, 11) is 0. The third-order valence-electron chi connectivity index (χ3n) is 2.42. The van der Waals surface area contributed by atoms with Crippen LogP contribution in [-0.2, 0) is 11.2 Å². The Labute approximate surface area is 116 Å². The van der Waals surface area contributed by atoms with Crippen molar-refractivity contribution >= 4 is 5.97 Å². The largest absolute Gasteiger partial charge is 0.480 e. The maximum atomic E-state index is 10.4. The van der Waals surface area contributed by atoms with Gasteiger partial charge in [-0.15, -0.1) is 0 Å². The predicted molar refractivity (Wildman–Crippen MR) is 77.7 cm³/mol. The molecule has 1 aromatic carbocycles. The number of nitrogens with two attached hydrogens (primary N) is 3. The van der Waals surface area contributed by atoms with Crippen LogP contribution in [0.1, 0.15) is 25.3 Å². The fourth-order valence-corrected chi connectivity index (χ4v) is 1.44. The van der Waals surface area contributed by atoms with E-state index in [1.807, 2.05) is 25.1 Å². The first-order chi connectivity index (χ1) is 9.51. The highest BCUT2D eigenvalue weighted by atomic mass is 16.4. The molecule has 5 nitrogen and oxygen atoms in total. The molecule has 0 fully saturated rings. The zero-order chi connectivity index (χ0) is 15.4. The van der Waals surface area contributed by atoms with Gasteiger partial charge >= 0.3 is 5.97 Å². The number of hydrogen-bond donors (Lipinski definition) is 4. The van der Waals surface area contributed by atoms with Gasteiger partial charge in [0.05, 0.1) is 0 Å². The maximum absolute atomic E-state index is 10.4. The van der Waals surface area contributed by atoms with E-state index in [1.165, 1.54) is 5.56 Å². The second-order valence-electron chi connectivity index (χ2n) is 4.52. The van der Waals surface area contributed by atoms with E-state index in [9.17, 15) is 4.79 Å². The van der Waals surface area contributed by atoms with Crippen LogP contribution in [0.4, 0.5) is 0 Å². The van der Waals surface area contributed by atoms with Crippen molar-refractivity contribution in [1.29, 1.82) is 1.43 Å². The van der Waals surface area contributed by atoms with E-state index in [0.29, 0.717) is 19.4 Å². The number of rotatable bonds is 6. The van der Waals surface area contributed by atoms with E-state index < -0.39 is 12.0 Å². The van der Waals surface area contributed by atoms with E-state index in [2.05, 4.69) is 17.2 Å². The summed E-state index contributed by atoms with van der Waals surface area (Å²) in [5.74, 6) is -0.701. The highest BCUT2D eigenvalue weighted by molar-refractivity contribution is 5.72. The summed E-state index contributed by atoms with van der Waals surface area (Å²) in [6, 6.07) is 9.87. The van der Waals surface area contributed by atoms with E-state index in [4.69, 9.17) is 18.6 Å². The Morgan fingerprint density at radius 1 is 1.37 bits per heavy atom. The van der Waals surface area contributed by atoms with E-state index in [0.717, 1.165) is 6.42 Å². The molecule has 0 saturated heterocycles. The quantitative estimate of drug-likeness (QED) is 0.606. The lowest BCUT2D eigenvalue weighted by Gasteiger charge is -2.02. The molecule has 1 unspecified atom stereocenters. The van der Waals surface area contributed by atoms with Gasteiger partial charge in [0.15, 0.2) is 0 Å². The van der Waals surface area contributed by atoms with Crippen LogP contribution in [0.15, 0.2) is 30.3 Å². The molecule has 0 heterocycles. The average Bonchev–Trinajstić information content (AvgIpc) is 2.45. The van der Waals surface area contributed by atoms with Crippen LogP contribution in [-0.4, -0.2) is 29.7 Å². The van der Waals surface area contributed by atoms with Crippen molar-refractivity contribution in [3.8, 4) is 0 Å². The van der Waals surface area contributed by atoms with Crippen molar-refractivity contribution in [2.45, 2.75) is 38.3 Å². The Balaban J connectivity index is 0.000000361. The first-order valence-electron chi connectivity index (χ1n) is 6.84. The van der Waals surface area contributed by atoms with Crippen LogP contribution in [0.2, 0.25) is 0 Å². The number of aliphatic carboxylic acids is 1. The molecule has 0 amide bonds. The fraction of sp³-hybridized carbons (Fsp3) is 0.500. The molecule has 1 rings (SSSR count). The minimum Gasteiger partial charge on any atom is -0.480 e. The van der Waals surface area contributed by atoms with Gasteiger partial charge in [-0.1, -0.05) is 30.3 Å². The number of carboxylic acids is 1. The Hall–Kier alpha value is -1.43. The molecular weight excluding hydrogens is 242 g/mol. The van der Waals surface area contributed by atoms with Gasteiger partial charge in [0.2, 0.25) is 0 Å². The van der Waals surface area contributed by atoms with Crippen LogP contribution < -0.4 is 17.2 Å². The molecule has 0 spiro atoms. The third kappa shape index (κ3) is 10.2. The van der Waals surface area contributed by atoms with Crippen molar-refractivity contribution in [2.24, 2.45) is 17.2 Å². The van der Waals surface area contributed by atoms with Crippen LogP contribution >= 0.6 is 0 Å². The molecule has 19 heavy (non-hydrogen) atoms. The molecule has 5 heteroatoms. The predicted octanol–water partition coefficient (Wildman–Crippen LogP) is 0.714. The fourth-order valence-electron chi connectivity index (χ4n) is 1.44. The smallest absolute Gasteiger partial charge is 0.320 e. The molecule has 0 aliphatic rings. The topological polar surface area (TPSA) is 115 Å². The summed E-state index contributed by atoms with van der Waals surface area (Å²) in [6.07, 6.45) is 2.13. The second kappa shape index (κ2) is 10.5. The summed E-state index contributed by atoms with van der Waals surface area (Å²) in [4.78, 5) is 10.4. The van der Waals surface area contributed by atoms with Crippen molar-refractivity contribution in [3.05, 3.63) is 35.9 Å². The standard InChI is InChI=1S/C9H13N.C5H12N2O2/c1-8(10)7-9-5-3-2-4-6-9;6-3-1-2-4(7)5(8)9/h2-6,8H,7,10H2,1H3;4H,1-3,6-7H2,(H,8,9)/t;4-/m.0/s1/i/hD. The maximum Gasteiger partial charge on any atom is 0.320 e. The summed E-state index contributed by atoms with van der Waals surface area (Å²) in [5, 5.41) is 3.65. The zero-order valence-electron chi connectivity index (χ0n) is 12.4. The monoisotopic (exact) mass is 268 g/mol. The zero-order valence-corrected chi connectivity index (χ0v) is 11.4. The summed E-state index contributed by atoms with van der Waals surface area (Å²) >= 11 is 0. The van der Waals surface area contributed by atoms with Crippen molar-refractivity contribution < 1.29 is 9.90 Å². The van der Waals surface area contributed by atoms with Gasteiger partial charge in [0, 0.05) is 6.04 Å². The number of benzene rings is 1. The van der Waals surface area contributed by atoms with Crippen LogP contribution in [0.3, 0.4) is 0 Å². The second-order valence-corrected chi connectivity index (χ2v) is 4.52. The Morgan fingerprint density at radius 3 is 2.47 bits per heavy atom. The van der Waals surface area contributed by atoms with Crippen molar-refractivity contribution in [1.82, 2.24) is 0 Å². The Bertz CT molecular complexity index is 361. The molecule has 0 aliphatic carbocycles. The number of carbonyl (C=O) groups is 1. The number of hydrogen-bond acceptors (Lipinski definition) is 5. The molecule has 2 atom stereocenters. The third-order valence-corrected chi connectivity index (χ3v) is 2.42. The Morgan fingerprint density at radius 2 is 2.00 bits per heavy atom.